The van der Waals surface area contributed by atoms with Crippen molar-refractivity contribution in [3.05, 3.63) is 48.5 Å². The van der Waals surface area contributed by atoms with E-state index in [1.54, 1.807) is 12.4 Å². The molecule has 0 radical (unpaired) electrons. The van der Waals surface area contributed by atoms with Crippen molar-refractivity contribution in [2.75, 3.05) is 0 Å². The first-order valence-electron chi connectivity index (χ1n) is 7.71. The van der Waals surface area contributed by atoms with Crippen molar-refractivity contribution in [2.45, 2.75) is 19.4 Å². The van der Waals surface area contributed by atoms with Crippen LogP contribution >= 0.6 is 0 Å². The van der Waals surface area contributed by atoms with Gasteiger partial charge in [-0.3, -0.25) is 14.8 Å². The van der Waals surface area contributed by atoms with Gasteiger partial charge in [0.05, 0.1) is 11.9 Å². The monoisotopic (exact) mass is 302 g/mol. The highest BCUT2D eigenvalue weighted by molar-refractivity contribution is 5.86. The van der Waals surface area contributed by atoms with E-state index in [4.69, 9.17) is 5.10 Å². The third kappa shape index (κ3) is 1.88. The molecule has 0 saturated carbocycles. The van der Waals surface area contributed by atoms with E-state index in [0.29, 0.717) is 0 Å². The molecule has 1 aliphatic rings. The number of H-pyrrole nitrogens is 1. The molecule has 23 heavy (non-hydrogen) atoms. The Hall–Kier alpha value is -3.02. The van der Waals surface area contributed by atoms with Gasteiger partial charge in [0.2, 0.25) is 0 Å². The van der Waals surface area contributed by atoms with Crippen LogP contribution in [0.1, 0.15) is 12.1 Å². The third-order valence-electron chi connectivity index (χ3n) is 4.33. The number of nitrogens with zero attached hydrogens (tertiary/aromatic N) is 5. The van der Waals surface area contributed by atoms with Crippen molar-refractivity contribution in [1.82, 2.24) is 29.9 Å². The summed E-state index contributed by atoms with van der Waals surface area (Å²) >= 11 is 0. The van der Waals surface area contributed by atoms with E-state index in [2.05, 4.69) is 30.9 Å². The molecule has 1 aliphatic heterocycles. The predicted molar refractivity (Wildman–Crippen MR) is 86.7 cm³/mol. The zero-order chi connectivity index (χ0) is 15.2. The molecule has 4 aromatic rings. The molecule has 0 spiro atoms. The van der Waals surface area contributed by atoms with Crippen LogP contribution in [0, 0.1) is 0 Å². The molecule has 6 heteroatoms. The van der Waals surface area contributed by atoms with E-state index in [9.17, 15) is 0 Å². The second-order valence-electron chi connectivity index (χ2n) is 5.74. The Balaban J connectivity index is 1.78. The molecule has 0 saturated heterocycles. The molecule has 5 rings (SSSR count). The maximum atomic E-state index is 4.81. The molecular formula is C17H14N6. The lowest BCUT2D eigenvalue weighted by atomic mass is 10.0. The van der Waals surface area contributed by atoms with E-state index in [-0.39, 0.29) is 0 Å². The highest BCUT2D eigenvalue weighted by atomic mass is 15.3. The number of aryl methyl sites for hydroxylation is 1. The van der Waals surface area contributed by atoms with Crippen LogP contribution < -0.4 is 0 Å². The average Bonchev–Trinajstić information content (AvgIpc) is 3.30. The Labute approximate surface area is 132 Å². The Morgan fingerprint density at radius 3 is 3.04 bits per heavy atom. The minimum atomic E-state index is 0.803. The lowest BCUT2D eigenvalue weighted by Gasteiger charge is -2.05. The van der Waals surface area contributed by atoms with E-state index >= 15 is 0 Å². The summed E-state index contributed by atoms with van der Waals surface area (Å²) < 4.78 is 2.11. The lowest BCUT2D eigenvalue weighted by Crippen LogP contribution is -1.94. The van der Waals surface area contributed by atoms with Crippen LogP contribution in [0.4, 0.5) is 0 Å². The van der Waals surface area contributed by atoms with E-state index in [1.165, 1.54) is 5.69 Å². The Kier molecular flexibility index (Phi) is 2.58. The smallest absolute Gasteiger partial charge is 0.155 e. The molecule has 0 amide bonds. The number of fused-ring (bicyclic) bond motifs is 2. The Bertz CT molecular complexity index is 999. The topological polar surface area (TPSA) is 72.3 Å². The normalized spacial score (nSPS) is 13.6. The number of aromatic nitrogens is 6. The maximum absolute atomic E-state index is 4.81. The molecule has 0 bridgehead atoms. The highest BCUT2D eigenvalue weighted by Crippen LogP contribution is 2.37. The summed E-state index contributed by atoms with van der Waals surface area (Å²) in [7, 11) is 0. The van der Waals surface area contributed by atoms with Gasteiger partial charge in [0.25, 0.3) is 0 Å². The fourth-order valence-electron chi connectivity index (χ4n) is 3.29. The van der Waals surface area contributed by atoms with E-state index in [1.807, 2.05) is 24.4 Å². The van der Waals surface area contributed by atoms with Crippen molar-refractivity contribution < 1.29 is 0 Å². The van der Waals surface area contributed by atoms with Gasteiger partial charge in [-0.2, -0.15) is 10.2 Å². The zero-order valence-electron chi connectivity index (χ0n) is 12.4. The van der Waals surface area contributed by atoms with Crippen molar-refractivity contribution in [3.8, 4) is 22.5 Å². The van der Waals surface area contributed by atoms with Crippen LogP contribution in [0.3, 0.4) is 0 Å². The number of nitrogens with one attached hydrogen (secondary N) is 1. The van der Waals surface area contributed by atoms with Gasteiger partial charge in [-0.25, -0.2) is 4.98 Å². The van der Waals surface area contributed by atoms with Crippen LogP contribution in [0.2, 0.25) is 0 Å². The van der Waals surface area contributed by atoms with Crippen molar-refractivity contribution >= 4 is 11.0 Å². The summed E-state index contributed by atoms with van der Waals surface area (Å²) in [6, 6.07) is 8.04. The quantitative estimate of drug-likeness (QED) is 0.618. The van der Waals surface area contributed by atoms with Crippen molar-refractivity contribution in [3.63, 3.8) is 0 Å². The molecule has 0 atom stereocenters. The molecule has 6 nitrogen and oxygen atoms in total. The highest BCUT2D eigenvalue weighted by Gasteiger charge is 2.24. The Morgan fingerprint density at radius 1 is 1.13 bits per heavy atom. The van der Waals surface area contributed by atoms with E-state index < -0.39 is 0 Å². The number of pyridine rings is 2. The van der Waals surface area contributed by atoms with Gasteiger partial charge in [0, 0.05) is 41.1 Å². The minimum Gasteiger partial charge on any atom is -0.268 e. The first-order valence-corrected chi connectivity index (χ1v) is 7.71. The van der Waals surface area contributed by atoms with E-state index in [0.717, 1.165) is 52.9 Å². The molecule has 0 aliphatic carbocycles. The first kappa shape index (κ1) is 12.5. The van der Waals surface area contributed by atoms with Gasteiger partial charge < -0.3 is 0 Å². The molecule has 112 valence electrons. The molecule has 0 unspecified atom stereocenters. The second-order valence-corrected chi connectivity index (χ2v) is 5.74. The van der Waals surface area contributed by atoms with Crippen molar-refractivity contribution in [2.24, 2.45) is 0 Å². The SMILES string of the molecule is c1ccc(-c2nn3c(c2-c2cnc4[nH]ncc4c2)CCC3)nc1. The van der Waals surface area contributed by atoms with Crippen LogP contribution in [0.15, 0.2) is 42.9 Å². The largest absolute Gasteiger partial charge is 0.268 e. The summed E-state index contributed by atoms with van der Waals surface area (Å²) in [5, 5.41) is 12.8. The van der Waals surface area contributed by atoms with Crippen LogP contribution in [0.5, 0.6) is 0 Å². The zero-order valence-corrected chi connectivity index (χ0v) is 12.4. The third-order valence-corrected chi connectivity index (χ3v) is 4.33. The average molecular weight is 302 g/mol. The maximum Gasteiger partial charge on any atom is 0.155 e. The second kappa shape index (κ2) is 4.74. The number of rotatable bonds is 2. The predicted octanol–water partition coefficient (Wildman–Crippen LogP) is 2.83. The number of aromatic amines is 1. The van der Waals surface area contributed by atoms with Gasteiger partial charge in [-0.1, -0.05) is 6.07 Å². The summed E-state index contributed by atoms with van der Waals surface area (Å²) in [6.07, 6.45) is 7.68. The summed E-state index contributed by atoms with van der Waals surface area (Å²) in [4.78, 5) is 8.97. The van der Waals surface area contributed by atoms with Gasteiger partial charge in [-0.15, -0.1) is 0 Å². The lowest BCUT2D eigenvalue weighted by molar-refractivity contribution is 0.658. The molecule has 1 N–H and O–H groups in total. The van der Waals surface area contributed by atoms with Gasteiger partial charge in [0.1, 0.15) is 5.69 Å². The molecule has 0 aromatic carbocycles. The summed E-state index contributed by atoms with van der Waals surface area (Å²) in [5.74, 6) is 0. The van der Waals surface area contributed by atoms with Gasteiger partial charge in [-0.05, 0) is 31.0 Å². The van der Waals surface area contributed by atoms with Gasteiger partial charge >= 0.3 is 0 Å². The minimum absolute atomic E-state index is 0.803. The summed E-state index contributed by atoms with van der Waals surface area (Å²) in [5.41, 5.74) is 6.13. The number of hydrogen-bond acceptors (Lipinski definition) is 4. The van der Waals surface area contributed by atoms with Gasteiger partial charge in [0.15, 0.2) is 5.65 Å². The summed E-state index contributed by atoms with van der Waals surface area (Å²) in [6.45, 7) is 0.969. The molecule has 4 aromatic heterocycles. The van der Waals surface area contributed by atoms with Crippen molar-refractivity contribution in [1.29, 1.82) is 0 Å². The molecule has 5 heterocycles. The number of hydrogen-bond donors (Lipinski definition) is 1. The van der Waals surface area contributed by atoms with Crippen LogP contribution in [-0.2, 0) is 13.0 Å². The molecule has 0 fully saturated rings. The van der Waals surface area contributed by atoms with Crippen LogP contribution in [0.25, 0.3) is 33.5 Å². The fourth-order valence-corrected chi connectivity index (χ4v) is 3.29. The van der Waals surface area contributed by atoms with Crippen LogP contribution in [-0.4, -0.2) is 29.9 Å². The first-order chi connectivity index (χ1) is 11.4. The standard InChI is InChI=1S/C17H14N6/c1-2-6-18-13(4-1)16-15(14-5-3-7-23(14)22-16)11-8-12-10-20-21-17(12)19-9-11/h1-2,4,6,8-10H,3,5,7H2,(H,19,20,21). The molecular weight excluding hydrogens is 288 g/mol. The fraction of sp³-hybridized carbons (Fsp3) is 0.176. The Morgan fingerprint density at radius 2 is 2.13 bits per heavy atom.